The van der Waals surface area contributed by atoms with Crippen molar-refractivity contribution in [2.24, 2.45) is 0 Å². The van der Waals surface area contributed by atoms with Gasteiger partial charge in [0.2, 0.25) is 26.6 Å². The third kappa shape index (κ3) is 3.87. The smallest absolute Gasteiger partial charge is 0.238 e. The largest absolute Gasteiger partial charge is 0.419 e. The lowest BCUT2D eigenvalue weighted by Crippen LogP contribution is -2.05. The number of sulfone groups is 1. The Bertz CT molecular complexity index is 1260. The van der Waals surface area contributed by atoms with Gasteiger partial charge >= 0.3 is 0 Å². The molecule has 0 aliphatic carbocycles. The fourth-order valence-electron chi connectivity index (χ4n) is 2.69. The molecule has 8 heteroatoms. The van der Waals surface area contributed by atoms with Crippen molar-refractivity contribution in [3.63, 3.8) is 0 Å². The van der Waals surface area contributed by atoms with Crippen LogP contribution in [0.5, 0.6) is 0 Å². The highest BCUT2D eigenvalue weighted by Crippen LogP contribution is 2.36. The first-order chi connectivity index (χ1) is 13.9. The van der Waals surface area contributed by atoms with Crippen molar-refractivity contribution in [2.45, 2.75) is 9.92 Å². The van der Waals surface area contributed by atoms with Crippen LogP contribution in [-0.4, -0.2) is 13.4 Å². The van der Waals surface area contributed by atoms with Crippen LogP contribution in [0.4, 0.5) is 16.0 Å². The maximum Gasteiger partial charge on any atom is 0.238 e. The van der Waals surface area contributed by atoms with Gasteiger partial charge in [0, 0.05) is 5.69 Å². The molecule has 0 atom stereocenters. The van der Waals surface area contributed by atoms with E-state index in [0.29, 0.717) is 16.3 Å². The second kappa shape index (κ2) is 7.69. The number of oxazole rings is 1. The summed E-state index contributed by atoms with van der Waals surface area (Å²) in [5.41, 5.74) is 0.892. The number of hydrogen-bond donors (Lipinski definition) is 1. The Morgan fingerprint density at radius 1 is 0.897 bits per heavy atom. The van der Waals surface area contributed by atoms with E-state index in [2.05, 4.69) is 10.3 Å². The standard InChI is InChI=1S/C21H14ClFN2O3S/c22-18-9-5-4-8-17(18)19-25-21(29(26,27)16-6-2-1-3-7-16)20(28-19)24-15-12-10-14(23)11-13-15/h1-13,24H. The van der Waals surface area contributed by atoms with Gasteiger partial charge in [0.05, 0.1) is 15.5 Å². The molecule has 0 spiro atoms. The molecule has 0 aliphatic heterocycles. The van der Waals surface area contributed by atoms with Gasteiger partial charge in [-0.15, -0.1) is 0 Å². The van der Waals surface area contributed by atoms with Crippen molar-refractivity contribution in [3.8, 4) is 11.5 Å². The van der Waals surface area contributed by atoms with Crippen LogP contribution in [0.15, 0.2) is 93.2 Å². The Morgan fingerprint density at radius 2 is 1.55 bits per heavy atom. The molecule has 0 saturated heterocycles. The summed E-state index contributed by atoms with van der Waals surface area (Å²) in [7, 11) is -3.98. The first-order valence-corrected chi connectivity index (χ1v) is 10.4. The topological polar surface area (TPSA) is 72.2 Å². The Labute approximate surface area is 171 Å². The molecule has 0 amide bonds. The van der Waals surface area contributed by atoms with Crippen molar-refractivity contribution in [1.29, 1.82) is 0 Å². The minimum absolute atomic E-state index is 0.0507. The second-order valence-corrected chi connectivity index (χ2v) is 8.35. The van der Waals surface area contributed by atoms with Crippen molar-refractivity contribution < 1.29 is 17.2 Å². The minimum atomic E-state index is -3.98. The highest BCUT2D eigenvalue weighted by molar-refractivity contribution is 7.91. The SMILES string of the molecule is O=S(=O)(c1ccccc1)c1nc(-c2ccccc2Cl)oc1Nc1ccc(F)cc1. The molecule has 0 saturated carbocycles. The van der Waals surface area contributed by atoms with Crippen molar-refractivity contribution in [3.05, 3.63) is 89.7 Å². The van der Waals surface area contributed by atoms with Crippen molar-refractivity contribution in [1.82, 2.24) is 4.98 Å². The summed E-state index contributed by atoms with van der Waals surface area (Å²) in [5, 5.41) is 2.94. The molecule has 0 radical (unpaired) electrons. The van der Waals surface area contributed by atoms with Gasteiger partial charge in [0.1, 0.15) is 5.82 Å². The van der Waals surface area contributed by atoms with Crippen LogP contribution in [0.3, 0.4) is 0 Å². The van der Waals surface area contributed by atoms with E-state index in [4.69, 9.17) is 16.0 Å². The Morgan fingerprint density at radius 3 is 2.24 bits per heavy atom. The van der Waals surface area contributed by atoms with E-state index in [0.717, 1.165) is 0 Å². The number of nitrogens with one attached hydrogen (secondary N) is 1. The number of rotatable bonds is 5. The Kier molecular flexibility index (Phi) is 5.08. The predicted octanol–water partition coefficient (Wildman–Crippen LogP) is 5.71. The fraction of sp³-hybridized carbons (Fsp3) is 0. The van der Waals surface area contributed by atoms with Gasteiger partial charge < -0.3 is 9.73 Å². The van der Waals surface area contributed by atoms with Crippen LogP contribution in [0.1, 0.15) is 0 Å². The number of halogens is 2. The predicted molar refractivity (Wildman–Crippen MR) is 109 cm³/mol. The molecular formula is C21H14ClFN2O3S. The molecule has 4 rings (SSSR count). The van der Waals surface area contributed by atoms with Crippen LogP contribution in [0.25, 0.3) is 11.5 Å². The van der Waals surface area contributed by atoms with Crippen LogP contribution in [0, 0.1) is 5.82 Å². The zero-order valence-electron chi connectivity index (χ0n) is 14.8. The molecule has 1 N–H and O–H groups in total. The molecule has 4 aromatic rings. The quantitative estimate of drug-likeness (QED) is 0.440. The molecule has 1 heterocycles. The molecule has 29 heavy (non-hydrogen) atoms. The van der Waals surface area contributed by atoms with E-state index in [1.807, 2.05) is 0 Å². The van der Waals surface area contributed by atoms with Gasteiger partial charge in [0.25, 0.3) is 0 Å². The van der Waals surface area contributed by atoms with E-state index in [9.17, 15) is 12.8 Å². The maximum absolute atomic E-state index is 13.2. The first-order valence-electron chi connectivity index (χ1n) is 8.53. The summed E-state index contributed by atoms with van der Waals surface area (Å²) in [6.45, 7) is 0. The molecule has 3 aromatic carbocycles. The van der Waals surface area contributed by atoms with Gasteiger partial charge in [-0.25, -0.2) is 12.8 Å². The van der Waals surface area contributed by atoms with Crippen LogP contribution >= 0.6 is 11.6 Å². The fourth-order valence-corrected chi connectivity index (χ4v) is 4.19. The molecule has 0 bridgehead atoms. The molecular weight excluding hydrogens is 415 g/mol. The van der Waals surface area contributed by atoms with Gasteiger partial charge in [0.15, 0.2) is 0 Å². The van der Waals surface area contributed by atoms with Gasteiger partial charge in [-0.1, -0.05) is 41.9 Å². The zero-order valence-corrected chi connectivity index (χ0v) is 16.4. The number of benzene rings is 3. The zero-order chi connectivity index (χ0) is 20.4. The lowest BCUT2D eigenvalue weighted by atomic mass is 10.2. The summed E-state index contributed by atoms with van der Waals surface area (Å²) in [5.74, 6) is -0.452. The van der Waals surface area contributed by atoms with E-state index in [1.165, 1.54) is 36.4 Å². The second-order valence-electron chi connectivity index (χ2n) is 6.08. The van der Waals surface area contributed by atoms with Gasteiger partial charge in [-0.2, -0.15) is 4.98 Å². The van der Waals surface area contributed by atoms with Crippen molar-refractivity contribution in [2.75, 3.05) is 5.32 Å². The molecule has 146 valence electrons. The summed E-state index contributed by atoms with van der Waals surface area (Å²) >= 11 is 6.22. The number of aromatic nitrogens is 1. The lowest BCUT2D eigenvalue weighted by Gasteiger charge is -2.06. The van der Waals surface area contributed by atoms with E-state index in [1.54, 1.807) is 42.5 Å². The summed E-state index contributed by atoms with van der Waals surface area (Å²) < 4.78 is 45.3. The third-order valence-electron chi connectivity index (χ3n) is 4.11. The summed E-state index contributed by atoms with van der Waals surface area (Å²) in [6.07, 6.45) is 0. The van der Waals surface area contributed by atoms with Crippen molar-refractivity contribution >= 4 is 33.0 Å². The molecule has 0 aliphatic rings. The number of hydrogen-bond acceptors (Lipinski definition) is 5. The highest BCUT2D eigenvalue weighted by atomic mass is 35.5. The Balaban J connectivity index is 1.86. The van der Waals surface area contributed by atoms with Crippen LogP contribution in [0.2, 0.25) is 5.02 Å². The summed E-state index contributed by atoms with van der Waals surface area (Å²) in [6, 6.07) is 20.1. The molecule has 0 unspecified atom stereocenters. The molecule has 1 aromatic heterocycles. The molecule has 5 nitrogen and oxygen atoms in total. The normalized spacial score (nSPS) is 11.4. The van der Waals surface area contributed by atoms with Crippen LogP contribution < -0.4 is 5.32 Å². The van der Waals surface area contributed by atoms with E-state index >= 15 is 0 Å². The Hall–Kier alpha value is -3.16. The summed E-state index contributed by atoms with van der Waals surface area (Å²) in [4.78, 5) is 4.30. The lowest BCUT2D eigenvalue weighted by molar-refractivity contribution is 0.581. The van der Waals surface area contributed by atoms with Gasteiger partial charge in [-0.05, 0) is 48.5 Å². The maximum atomic E-state index is 13.2. The monoisotopic (exact) mass is 428 g/mol. The highest BCUT2D eigenvalue weighted by Gasteiger charge is 2.29. The average molecular weight is 429 g/mol. The first kappa shape index (κ1) is 19.2. The third-order valence-corrected chi connectivity index (χ3v) is 6.12. The van der Waals surface area contributed by atoms with Crippen LogP contribution in [-0.2, 0) is 9.84 Å². The van der Waals surface area contributed by atoms with Gasteiger partial charge in [-0.3, -0.25) is 0 Å². The number of nitrogens with zero attached hydrogens (tertiary/aromatic N) is 1. The number of anilines is 2. The minimum Gasteiger partial charge on any atom is -0.419 e. The average Bonchev–Trinajstić information content (AvgIpc) is 3.15. The van der Waals surface area contributed by atoms with E-state index < -0.39 is 15.7 Å². The molecule has 0 fully saturated rings. The van der Waals surface area contributed by atoms with E-state index in [-0.39, 0.29) is 21.7 Å².